The maximum absolute atomic E-state index is 5.72. The van der Waals surface area contributed by atoms with Crippen molar-refractivity contribution in [1.29, 1.82) is 0 Å². The Morgan fingerprint density at radius 2 is 0.706 bits per heavy atom. The fourth-order valence-electron chi connectivity index (χ4n) is 4.04. The predicted molar refractivity (Wildman–Crippen MR) is 155 cm³/mol. The van der Waals surface area contributed by atoms with Crippen LogP contribution in [-0.4, -0.2) is 42.8 Å². The molecule has 0 saturated carbocycles. The van der Waals surface area contributed by atoms with Crippen molar-refractivity contribution in [3.8, 4) is 11.1 Å². The van der Waals surface area contributed by atoms with Crippen molar-refractivity contribution in [3.63, 3.8) is 0 Å². The van der Waals surface area contributed by atoms with Crippen LogP contribution in [0.25, 0.3) is 11.1 Å². The molecule has 34 heavy (non-hydrogen) atoms. The van der Waals surface area contributed by atoms with Crippen LogP contribution >= 0.6 is 0 Å². The summed E-state index contributed by atoms with van der Waals surface area (Å²) in [6.07, 6.45) is 22.2. The molecule has 0 atom stereocenters. The van der Waals surface area contributed by atoms with Gasteiger partial charge < -0.3 is 4.74 Å². The third-order valence-corrected chi connectivity index (χ3v) is 6.17. The first-order valence-corrected chi connectivity index (χ1v) is 14.1. The van der Waals surface area contributed by atoms with Gasteiger partial charge in [0.15, 0.2) is 0 Å². The van der Waals surface area contributed by atoms with Gasteiger partial charge in [0.2, 0.25) is 0 Å². The van der Waals surface area contributed by atoms with Crippen LogP contribution in [0, 0.1) is 0 Å². The van der Waals surface area contributed by atoms with Crippen molar-refractivity contribution < 1.29 is 4.74 Å². The van der Waals surface area contributed by atoms with Crippen LogP contribution in [-0.2, 0) is 4.74 Å². The van der Waals surface area contributed by atoms with E-state index in [2.05, 4.69) is 62.4 Å². The van der Waals surface area contributed by atoms with E-state index in [-0.39, 0.29) is 29.6 Å². The van der Waals surface area contributed by atoms with E-state index in [0.29, 0.717) is 0 Å². The zero-order chi connectivity index (χ0) is 23.7. The van der Waals surface area contributed by atoms with E-state index >= 15 is 0 Å². The molecule has 2 rings (SSSR count). The second kappa shape index (κ2) is 27.0. The Hall–Kier alpha value is -0.600. The van der Waals surface area contributed by atoms with Gasteiger partial charge in [-0.05, 0) is 24.0 Å². The van der Waals surface area contributed by atoms with Gasteiger partial charge in [-0.1, -0.05) is 164 Å². The molecule has 0 heterocycles. The van der Waals surface area contributed by atoms with Crippen molar-refractivity contribution in [2.75, 3.05) is 13.2 Å². The number of hydrogen-bond donors (Lipinski definition) is 0. The first-order chi connectivity index (χ1) is 16.4. The van der Waals surface area contributed by atoms with E-state index in [1.54, 1.807) is 0 Å². The topological polar surface area (TPSA) is 9.23 Å². The minimum absolute atomic E-state index is 0. The van der Waals surface area contributed by atoms with Crippen LogP contribution in [0.1, 0.15) is 117 Å². The van der Waals surface area contributed by atoms with Gasteiger partial charge in [0, 0.05) is 13.2 Å². The summed E-state index contributed by atoms with van der Waals surface area (Å²) in [4.78, 5) is 0. The summed E-state index contributed by atoms with van der Waals surface area (Å²) < 4.78 is 5.72. The van der Waals surface area contributed by atoms with E-state index in [4.69, 9.17) is 4.74 Å². The quantitative estimate of drug-likeness (QED) is 0.145. The number of ether oxygens (including phenoxy) is 1. The average Bonchev–Trinajstić information content (AvgIpc) is 2.87. The van der Waals surface area contributed by atoms with Gasteiger partial charge in [0.05, 0.1) is 0 Å². The third kappa shape index (κ3) is 20.7. The molecule has 0 aliphatic heterocycles. The standard InChI is InChI=1S/C20H42O.C12H10.Na.H/c1-3-5-7-9-11-13-15-17-19-21-20-18-16-14-12-10-8-6-4-2;1-3-7-11(8-4-1)12-9-5-2-6-10-12;;/h3-20H2,1-2H3;1-10H;;. The van der Waals surface area contributed by atoms with E-state index in [9.17, 15) is 0 Å². The molecule has 2 aromatic carbocycles. The molecule has 1 nitrogen and oxygen atoms in total. The molecule has 0 unspecified atom stereocenters. The maximum Gasteiger partial charge on any atom is -0.0184 e. The molecule has 188 valence electrons. The van der Waals surface area contributed by atoms with E-state index in [1.165, 1.54) is 114 Å². The molecule has 0 aliphatic rings. The fourth-order valence-corrected chi connectivity index (χ4v) is 4.04. The van der Waals surface area contributed by atoms with Crippen molar-refractivity contribution in [3.05, 3.63) is 60.7 Å². The Labute approximate surface area is 234 Å². The van der Waals surface area contributed by atoms with E-state index < -0.39 is 0 Å². The van der Waals surface area contributed by atoms with Crippen LogP contribution in [0.15, 0.2) is 60.7 Å². The molecule has 0 aromatic heterocycles. The van der Waals surface area contributed by atoms with E-state index in [1.807, 2.05) is 12.1 Å². The van der Waals surface area contributed by atoms with E-state index in [0.717, 1.165) is 13.2 Å². The largest absolute Gasteiger partial charge is 0.0622 e. The van der Waals surface area contributed by atoms with Gasteiger partial charge in [-0.25, -0.2) is 0 Å². The fraction of sp³-hybridized carbons (Fsp3) is 0.625. The molecule has 0 spiro atoms. The first-order valence-electron chi connectivity index (χ1n) is 14.1. The summed E-state index contributed by atoms with van der Waals surface area (Å²) in [5, 5.41) is 0. The summed E-state index contributed by atoms with van der Waals surface area (Å²) in [5.41, 5.74) is 2.55. The second-order valence-electron chi connectivity index (χ2n) is 9.29. The van der Waals surface area contributed by atoms with Crippen LogP contribution in [0.2, 0.25) is 0 Å². The normalized spacial score (nSPS) is 10.3. The Kier molecular flexibility index (Phi) is 26.5. The predicted octanol–water partition coefficient (Wildman–Crippen LogP) is 9.99. The summed E-state index contributed by atoms with van der Waals surface area (Å²) >= 11 is 0. The second-order valence-corrected chi connectivity index (χ2v) is 9.29. The summed E-state index contributed by atoms with van der Waals surface area (Å²) in [7, 11) is 0. The molecule has 2 aromatic rings. The van der Waals surface area contributed by atoms with Crippen LogP contribution in [0.3, 0.4) is 0 Å². The summed E-state index contributed by atoms with van der Waals surface area (Å²) in [6, 6.07) is 20.8. The van der Waals surface area contributed by atoms with Gasteiger partial charge in [-0.2, -0.15) is 0 Å². The Morgan fingerprint density at radius 1 is 0.412 bits per heavy atom. The monoisotopic (exact) mass is 476 g/mol. The Balaban J connectivity index is 0.000000703. The minimum atomic E-state index is 0. The van der Waals surface area contributed by atoms with Crippen molar-refractivity contribution >= 4 is 29.6 Å². The Morgan fingerprint density at radius 3 is 1.03 bits per heavy atom. The molecule has 0 amide bonds. The third-order valence-electron chi connectivity index (χ3n) is 6.17. The number of hydrogen-bond acceptors (Lipinski definition) is 1. The SMILES string of the molecule is CCCCCCCCCCOCCCCCCCCCC.[NaH].c1ccc(-c2ccccc2)cc1. The first kappa shape index (κ1) is 33.4. The van der Waals surface area contributed by atoms with Gasteiger partial charge in [0.25, 0.3) is 0 Å². The molecule has 0 fully saturated rings. The van der Waals surface area contributed by atoms with Gasteiger partial charge in [-0.3, -0.25) is 0 Å². The molecular weight excluding hydrogens is 423 g/mol. The van der Waals surface area contributed by atoms with Gasteiger partial charge in [-0.15, -0.1) is 0 Å². The number of rotatable bonds is 19. The summed E-state index contributed by atoms with van der Waals surface area (Å²) in [6.45, 7) is 6.55. The number of unbranched alkanes of at least 4 members (excludes halogenated alkanes) is 14. The van der Waals surface area contributed by atoms with Crippen molar-refractivity contribution in [1.82, 2.24) is 0 Å². The van der Waals surface area contributed by atoms with Crippen LogP contribution < -0.4 is 0 Å². The molecular formula is C32H53NaO. The minimum Gasteiger partial charge on any atom is -0.0622 e. The molecule has 2 heteroatoms. The van der Waals surface area contributed by atoms with Crippen molar-refractivity contribution in [2.45, 2.75) is 117 Å². The van der Waals surface area contributed by atoms with Crippen LogP contribution in [0.4, 0.5) is 0 Å². The number of benzene rings is 2. The molecule has 0 N–H and O–H groups in total. The van der Waals surface area contributed by atoms with Crippen molar-refractivity contribution in [2.24, 2.45) is 0 Å². The van der Waals surface area contributed by atoms with Gasteiger partial charge in [0.1, 0.15) is 0 Å². The molecule has 0 bridgehead atoms. The molecule has 0 aliphatic carbocycles. The van der Waals surface area contributed by atoms with Crippen LogP contribution in [0.5, 0.6) is 0 Å². The maximum atomic E-state index is 5.72. The molecule has 0 saturated heterocycles. The zero-order valence-electron chi connectivity index (χ0n) is 21.9. The smallest absolute Gasteiger partial charge is 0.0184 e. The van der Waals surface area contributed by atoms with Gasteiger partial charge >= 0.3 is 29.6 Å². The summed E-state index contributed by atoms with van der Waals surface area (Å²) in [5.74, 6) is 0. The average molecular weight is 477 g/mol. The Bertz CT molecular complexity index is 558. The molecule has 0 radical (unpaired) electrons. The zero-order valence-corrected chi connectivity index (χ0v) is 21.9.